The number of pyridine rings is 1. The minimum absolute atomic E-state index is 0.348. The summed E-state index contributed by atoms with van der Waals surface area (Å²) in [6.07, 6.45) is 11.3. The molecule has 0 aliphatic carbocycles. The summed E-state index contributed by atoms with van der Waals surface area (Å²) in [6, 6.07) is 14.0. The molecule has 0 N–H and O–H groups in total. The van der Waals surface area contributed by atoms with Crippen molar-refractivity contribution in [2.24, 2.45) is 13.0 Å². The van der Waals surface area contributed by atoms with E-state index in [4.69, 9.17) is 4.98 Å². The average molecular weight is 535 g/mol. The number of sulfone groups is 1. The second-order valence-corrected chi connectivity index (χ2v) is 14.5. The minimum Gasteiger partial charge on any atom is -0.342 e. The highest BCUT2D eigenvalue weighted by Crippen LogP contribution is 2.40. The molecule has 3 aliphatic heterocycles. The van der Waals surface area contributed by atoms with Crippen molar-refractivity contribution in [1.82, 2.24) is 19.4 Å². The van der Waals surface area contributed by atoms with Crippen LogP contribution in [0.4, 0.5) is 0 Å². The van der Waals surface area contributed by atoms with E-state index >= 15 is 0 Å². The van der Waals surface area contributed by atoms with Gasteiger partial charge in [0.15, 0.2) is 9.84 Å². The molecular formula is C31H42N4O2S. The fourth-order valence-electron chi connectivity index (χ4n) is 7.45. The number of rotatable bonds is 6. The molecule has 3 aromatic rings. The van der Waals surface area contributed by atoms with E-state index in [1.165, 1.54) is 70.0 Å². The summed E-state index contributed by atoms with van der Waals surface area (Å²) >= 11 is 0. The number of likely N-dealkylation sites (tertiary alicyclic amines) is 1. The van der Waals surface area contributed by atoms with Gasteiger partial charge in [-0.2, -0.15) is 0 Å². The van der Waals surface area contributed by atoms with Crippen molar-refractivity contribution in [1.29, 1.82) is 0 Å². The van der Waals surface area contributed by atoms with E-state index in [1.54, 1.807) is 12.1 Å². The Kier molecular flexibility index (Phi) is 6.90. The number of aryl methyl sites for hydroxylation is 1. The van der Waals surface area contributed by atoms with Gasteiger partial charge in [-0.1, -0.05) is 26.0 Å². The molecule has 1 unspecified atom stereocenters. The Bertz CT molecular complexity index is 1390. The van der Waals surface area contributed by atoms with E-state index in [1.807, 2.05) is 12.1 Å². The monoisotopic (exact) mass is 534 g/mol. The Balaban J connectivity index is 1.13. The molecule has 3 aliphatic rings. The van der Waals surface area contributed by atoms with Crippen LogP contribution in [0.3, 0.4) is 0 Å². The zero-order chi connectivity index (χ0) is 26.6. The van der Waals surface area contributed by atoms with Crippen LogP contribution < -0.4 is 0 Å². The molecule has 1 aromatic carbocycles. The second-order valence-electron chi connectivity index (χ2n) is 12.5. The van der Waals surface area contributed by atoms with Crippen LogP contribution in [0.25, 0.3) is 22.3 Å². The van der Waals surface area contributed by atoms with Crippen molar-refractivity contribution < 1.29 is 8.42 Å². The van der Waals surface area contributed by atoms with Gasteiger partial charge in [0.1, 0.15) is 0 Å². The standard InChI is InChI=1S/C31H42N4O2S/c1-21(2)20-35-25-7-8-26(35)17-27(16-25)34-13-11-22(12-14-34)24-15-31-29(32-19-24)18-30(33(31)3)23-5-9-28(10-6-23)38(4,36)37/h5-6,9-10,15,18-19,21-22,25-27H,7-8,11-14,16-17,20H2,1-4H3/t25-,26+,27?. The fraction of sp³-hybridized carbons (Fsp3) is 0.581. The Hall–Kier alpha value is -2.22. The SMILES string of the molecule is CC(C)CN1[C@@H]2CC[C@H]1CC(N1CCC(c3cnc4cc(-c5ccc(S(C)(=O)=O)cc5)n(C)c4c3)CC1)C2. The Labute approximate surface area is 228 Å². The summed E-state index contributed by atoms with van der Waals surface area (Å²) in [6.45, 7) is 8.38. The van der Waals surface area contributed by atoms with Crippen molar-refractivity contribution in [2.45, 2.75) is 81.3 Å². The first kappa shape index (κ1) is 26.0. The van der Waals surface area contributed by atoms with Gasteiger partial charge < -0.3 is 9.47 Å². The van der Waals surface area contributed by atoms with Crippen molar-refractivity contribution in [2.75, 3.05) is 25.9 Å². The van der Waals surface area contributed by atoms with Gasteiger partial charge in [0.05, 0.1) is 21.6 Å². The van der Waals surface area contributed by atoms with E-state index in [0.717, 1.165) is 46.3 Å². The first-order valence-corrected chi connectivity index (χ1v) is 16.3. The maximum atomic E-state index is 11.8. The molecule has 5 heterocycles. The van der Waals surface area contributed by atoms with Gasteiger partial charge in [0.2, 0.25) is 0 Å². The molecule has 0 spiro atoms. The van der Waals surface area contributed by atoms with Gasteiger partial charge in [0, 0.05) is 44.2 Å². The van der Waals surface area contributed by atoms with Gasteiger partial charge in [0.25, 0.3) is 0 Å². The summed E-state index contributed by atoms with van der Waals surface area (Å²) in [7, 11) is -1.12. The molecule has 7 heteroatoms. The first-order valence-electron chi connectivity index (χ1n) is 14.4. The number of benzene rings is 1. The summed E-state index contributed by atoms with van der Waals surface area (Å²) in [5, 5.41) is 0. The lowest BCUT2D eigenvalue weighted by molar-refractivity contribution is 0.0403. The first-order chi connectivity index (χ1) is 18.2. The molecule has 6 nitrogen and oxygen atoms in total. The molecule has 38 heavy (non-hydrogen) atoms. The third-order valence-electron chi connectivity index (χ3n) is 9.45. The zero-order valence-corrected chi connectivity index (χ0v) is 24.1. The highest BCUT2D eigenvalue weighted by molar-refractivity contribution is 7.90. The van der Waals surface area contributed by atoms with Gasteiger partial charge in [-0.3, -0.25) is 9.88 Å². The van der Waals surface area contributed by atoms with Crippen molar-refractivity contribution in [3.8, 4) is 11.3 Å². The predicted molar refractivity (Wildman–Crippen MR) is 154 cm³/mol. The number of hydrogen-bond acceptors (Lipinski definition) is 5. The van der Waals surface area contributed by atoms with Crippen LogP contribution in [0.15, 0.2) is 47.5 Å². The lowest BCUT2D eigenvalue weighted by Gasteiger charge is -2.46. The number of hydrogen-bond donors (Lipinski definition) is 0. The van der Waals surface area contributed by atoms with Crippen molar-refractivity contribution in [3.63, 3.8) is 0 Å². The van der Waals surface area contributed by atoms with E-state index in [2.05, 4.69) is 53.6 Å². The Morgan fingerprint density at radius 1 is 0.947 bits per heavy atom. The minimum atomic E-state index is -3.20. The predicted octanol–water partition coefficient (Wildman–Crippen LogP) is 5.47. The molecule has 6 rings (SSSR count). The number of fused-ring (bicyclic) bond motifs is 3. The van der Waals surface area contributed by atoms with E-state index in [-0.39, 0.29) is 0 Å². The van der Waals surface area contributed by atoms with Crippen LogP contribution >= 0.6 is 0 Å². The molecule has 0 saturated carbocycles. The van der Waals surface area contributed by atoms with Crippen LogP contribution in [0.5, 0.6) is 0 Å². The lowest BCUT2D eigenvalue weighted by atomic mass is 9.87. The molecule has 3 saturated heterocycles. The van der Waals surface area contributed by atoms with Gasteiger partial charge in [-0.15, -0.1) is 0 Å². The molecule has 2 bridgehead atoms. The fourth-order valence-corrected chi connectivity index (χ4v) is 8.08. The third kappa shape index (κ3) is 4.93. The summed E-state index contributed by atoms with van der Waals surface area (Å²) in [5.74, 6) is 1.32. The van der Waals surface area contributed by atoms with Gasteiger partial charge in [-0.05, 0) is 98.8 Å². The van der Waals surface area contributed by atoms with E-state index in [9.17, 15) is 8.42 Å². The summed E-state index contributed by atoms with van der Waals surface area (Å²) in [4.78, 5) is 10.8. The molecule has 0 amide bonds. The quantitative estimate of drug-likeness (QED) is 0.420. The molecular weight excluding hydrogens is 492 g/mol. The van der Waals surface area contributed by atoms with Crippen LogP contribution in [-0.4, -0.2) is 71.8 Å². The van der Waals surface area contributed by atoms with Gasteiger partial charge >= 0.3 is 0 Å². The zero-order valence-electron chi connectivity index (χ0n) is 23.3. The number of nitrogens with zero attached hydrogens (tertiary/aromatic N) is 4. The normalized spacial score (nSPS) is 25.6. The van der Waals surface area contributed by atoms with E-state index in [0.29, 0.717) is 10.8 Å². The summed E-state index contributed by atoms with van der Waals surface area (Å²) < 4.78 is 25.9. The van der Waals surface area contributed by atoms with Crippen molar-refractivity contribution >= 4 is 20.9 Å². The molecule has 2 aromatic heterocycles. The van der Waals surface area contributed by atoms with Gasteiger partial charge in [-0.25, -0.2) is 8.42 Å². The highest BCUT2D eigenvalue weighted by atomic mass is 32.2. The lowest BCUT2D eigenvalue weighted by Crippen LogP contribution is -2.52. The smallest absolute Gasteiger partial charge is 0.175 e. The molecule has 204 valence electrons. The summed E-state index contributed by atoms with van der Waals surface area (Å²) in [5.41, 5.74) is 5.53. The maximum absolute atomic E-state index is 11.8. The number of aromatic nitrogens is 2. The van der Waals surface area contributed by atoms with Crippen LogP contribution in [-0.2, 0) is 16.9 Å². The van der Waals surface area contributed by atoms with Crippen molar-refractivity contribution in [3.05, 3.63) is 48.2 Å². The molecule has 3 atom stereocenters. The molecule has 3 fully saturated rings. The highest BCUT2D eigenvalue weighted by Gasteiger charge is 2.42. The second kappa shape index (κ2) is 10.1. The average Bonchev–Trinajstić information content (AvgIpc) is 3.33. The maximum Gasteiger partial charge on any atom is 0.175 e. The largest absolute Gasteiger partial charge is 0.342 e. The van der Waals surface area contributed by atoms with E-state index < -0.39 is 9.84 Å². The van der Waals surface area contributed by atoms with Crippen LogP contribution in [0.1, 0.15) is 63.9 Å². The molecule has 0 radical (unpaired) electrons. The Morgan fingerprint density at radius 2 is 1.61 bits per heavy atom. The number of piperidine rings is 2. The Morgan fingerprint density at radius 3 is 2.21 bits per heavy atom. The topological polar surface area (TPSA) is 58.4 Å². The van der Waals surface area contributed by atoms with Crippen LogP contribution in [0.2, 0.25) is 0 Å². The van der Waals surface area contributed by atoms with Crippen LogP contribution in [0, 0.1) is 5.92 Å². The third-order valence-corrected chi connectivity index (χ3v) is 10.6.